The summed E-state index contributed by atoms with van der Waals surface area (Å²) < 4.78 is 0. The van der Waals surface area contributed by atoms with Crippen LogP contribution >= 0.6 is 0 Å². The van der Waals surface area contributed by atoms with E-state index in [9.17, 15) is 10.2 Å². The van der Waals surface area contributed by atoms with E-state index in [-0.39, 0.29) is 12.6 Å². The van der Waals surface area contributed by atoms with Crippen LogP contribution in [0, 0.1) is 19.8 Å². The smallest absolute Gasteiger partial charge is 0.0965 e. The summed E-state index contributed by atoms with van der Waals surface area (Å²) in [5, 5.41) is 23.3. The molecule has 23 heavy (non-hydrogen) atoms. The Balaban J connectivity index is 1.88. The van der Waals surface area contributed by atoms with Gasteiger partial charge in [0, 0.05) is 11.9 Å². The van der Waals surface area contributed by atoms with Crippen LogP contribution < -0.4 is 5.32 Å². The van der Waals surface area contributed by atoms with E-state index in [0.717, 1.165) is 18.5 Å². The summed E-state index contributed by atoms with van der Waals surface area (Å²) in [6.07, 6.45) is 2.34. The van der Waals surface area contributed by atoms with Crippen molar-refractivity contribution < 1.29 is 10.2 Å². The number of aliphatic hydroxyl groups excluding tert-OH is 2. The third-order valence-corrected chi connectivity index (χ3v) is 4.52. The molecule has 1 heterocycles. The molecule has 0 aliphatic rings. The van der Waals surface area contributed by atoms with E-state index in [1.54, 1.807) is 0 Å². The fourth-order valence-electron chi connectivity index (χ4n) is 2.82. The first-order valence-electron chi connectivity index (χ1n) is 8.23. The molecule has 3 unspecified atom stereocenters. The summed E-state index contributed by atoms with van der Waals surface area (Å²) in [5.41, 5.74) is 4.69. The van der Waals surface area contributed by atoms with Crippen LogP contribution in [0.4, 0.5) is 0 Å². The molecule has 4 heteroatoms. The van der Waals surface area contributed by atoms with Crippen LogP contribution in [0.2, 0.25) is 0 Å². The van der Waals surface area contributed by atoms with Crippen molar-refractivity contribution in [3.05, 3.63) is 58.9 Å². The van der Waals surface area contributed by atoms with Gasteiger partial charge in [0.1, 0.15) is 0 Å². The average Bonchev–Trinajstić information content (AvgIpc) is 2.88. The van der Waals surface area contributed by atoms with E-state index in [1.807, 2.05) is 30.3 Å². The molecule has 0 aliphatic heterocycles. The minimum atomic E-state index is -0.704. The van der Waals surface area contributed by atoms with E-state index in [4.69, 9.17) is 0 Å². The van der Waals surface area contributed by atoms with Crippen molar-refractivity contribution in [2.45, 2.75) is 39.3 Å². The van der Waals surface area contributed by atoms with Crippen molar-refractivity contribution in [3.63, 3.8) is 0 Å². The maximum Gasteiger partial charge on any atom is 0.0965 e. The van der Waals surface area contributed by atoms with Gasteiger partial charge in [0.15, 0.2) is 0 Å². The number of nitrogens with one attached hydrogen (secondary N) is 2. The molecule has 0 bridgehead atoms. The standard InChI is InChI=1S/C19H28N2O2/c1-13(9-17-11-20-15(3)14(17)2)10-21-18(12-22)19(23)16-7-5-4-6-8-16/h4-8,11,13,18-23H,9-10,12H2,1-3H3. The van der Waals surface area contributed by atoms with Gasteiger partial charge < -0.3 is 20.5 Å². The maximum atomic E-state index is 10.4. The maximum absolute atomic E-state index is 10.4. The van der Waals surface area contributed by atoms with E-state index in [0.29, 0.717) is 5.92 Å². The lowest BCUT2D eigenvalue weighted by atomic mass is 9.98. The molecule has 4 nitrogen and oxygen atoms in total. The molecule has 126 valence electrons. The summed E-state index contributed by atoms with van der Waals surface area (Å²) in [5.74, 6) is 0.418. The van der Waals surface area contributed by atoms with Gasteiger partial charge in [0.2, 0.25) is 0 Å². The SMILES string of the molecule is Cc1[nH]cc(CC(C)CNC(CO)C(O)c2ccccc2)c1C. The highest BCUT2D eigenvalue weighted by atomic mass is 16.3. The molecule has 1 aromatic carbocycles. The summed E-state index contributed by atoms with van der Waals surface area (Å²) in [6, 6.07) is 9.11. The first kappa shape index (κ1) is 17.7. The van der Waals surface area contributed by atoms with Gasteiger partial charge in [-0.2, -0.15) is 0 Å². The molecule has 2 aromatic rings. The van der Waals surface area contributed by atoms with Gasteiger partial charge in [-0.05, 0) is 49.4 Å². The molecule has 1 aromatic heterocycles. The Labute approximate surface area is 138 Å². The Morgan fingerprint density at radius 1 is 1.17 bits per heavy atom. The number of hydrogen-bond acceptors (Lipinski definition) is 3. The fourth-order valence-corrected chi connectivity index (χ4v) is 2.82. The Hall–Kier alpha value is -1.62. The fraction of sp³-hybridized carbons (Fsp3) is 0.474. The third-order valence-electron chi connectivity index (χ3n) is 4.52. The van der Waals surface area contributed by atoms with Gasteiger partial charge >= 0.3 is 0 Å². The molecular weight excluding hydrogens is 288 g/mol. The molecule has 0 radical (unpaired) electrons. The summed E-state index contributed by atoms with van der Waals surface area (Å²) >= 11 is 0. The summed E-state index contributed by atoms with van der Waals surface area (Å²) in [4.78, 5) is 3.26. The van der Waals surface area contributed by atoms with Crippen LogP contribution in [0.5, 0.6) is 0 Å². The molecule has 0 amide bonds. The lowest BCUT2D eigenvalue weighted by Gasteiger charge is -2.24. The van der Waals surface area contributed by atoms with Crippen LogP contribution in [-0.2, 0) is 6.42 Å². The lowest BCUT2D eigenvalue weighted by Crippen LogP contribution is -2.40. The quantitative estimate of drug-likeness (QED) is 0.605. The van der Waals surface area contributed by atoms with Gasteiger partial charge in [-0.1, -0.05) is 37.3 Å². The Kier molecular flexibility index (Phi) is 6.39. The van der Waals surface area contributed by atoms with Crippen LogP contribution in [0.1, 0.15) is 35.4 Å². The van der Waals surface area contributed by atoms with Crippen LogP contribution in [0.25, 0.3) is 0 Å². The molecule has 0 saturated carbocycles. The van der Waals surface area contributed by atoms with E-state index in [1.165, 1.54) is 16.8 Å². The molecule has 3 atom stereocenters. The monoisotopic (exact) mass is 316 g/mol. The van der Waals surface area contributed by atoms with E-state index < -0.39 is 6.10 Å². The highest BCUT2D eigenvalue weighted by Crippen LogP contribution is 2.18. The normalized spacial score (nSPS) is 15.3. The summed E-state index contributed by atoms with van der Waals surface area (Å²) in [6.45, 7) is 7.05. The van der Waals surface area contributed by atoms with Gasteiger partial charge in [0.05, 0.1) is 18.8 Å². The van der Waals surface area contributed by atoms with E-state index >= 15 is 0 Å². The Morgan fingerprint density at radius 3 is 2.43 bits per heavy atom. The second kappa shape index (κ2) is 8.29. The Morgan fingerprint density at radius 2 is 1.87 bits per heavy atom. The van der Waals surface area contributed by atoms with Gasteiger partial charge in [0.25, 0.3) is 0 Å². The summed E-state index contributed by atoms with van der Waals surface area (Å²) in [7, 11) is 0. The average molecular weight is 316 g/mol. The molecule has 0 aliphatic carbocycles. The molecule has 2 rings (SSSR count). The van der Waals surface area contributed by atoms with Crippen molar-refractivity contribution in [2.24, 2.45) is 5.92 Å². The number of aromatic nitrogens is 1. The second-order valence-electron chi connectivity index (χ2n) is 6.43. The first-order chi connectivity index (χ1) is 11.0. The number of aryl methyl sites for hydroxylation is 1. The van der Waals surface area contributed by atoms with Crippen molar-refractivity contribution in [2.75, 3.05) is 13.2 Å². The number of aromatic amines is 1. The minimum absolute atomic E-state index is 0.0922. The zero-order valence-electron chi connectivity index (χ0n) is 14.2. The minimum Gasteiger partial charge on any atom is -0.395 e. The molecule has 0 saturated heterocycles. The number of benzene rings is 1. The van der Waals surface area contributed by atoms with Crippen molar-refractivity contribution in [1.29, 1.82) is 0 Å². The number of rotatable bonds is 8. The lowest BCUT2D eigenvalue weighted by molar-refractivity contribution is 0.0881. The molecule has 0 fully saturated rings. The topological polar surface area (TPSA) is 68.3 Å². The number of aliphatic hydroxyl groups is 2. The predicted octanol–water partition coefficient (Wildman–Crippen LogP) is 2.49. The van der Waals surface area contributed by atoms with Crippen LogP contribution in [-0.4, -0.2) is 34.4 Å². The van der Waals surface area contributed by atoms with E-state index in [2.05, 4.69) is 37.3 Å². The number of hydrogen-bond donors (Lipinski definition) is 4. The molecular formula is C19H28N2O2. The molecule has 4 N–H and O–H groups in total. The highest BCUT2D eigenvalue weighted by Gasteiger charge is 2.20. The third kappa shape index (κ3) is 4.67. The van der Waals surface area contributed by atoms with Crippen molar-refractivity contribution in [1.82, 2.24) is 10.3 Å². The highest BCUT2D eigenvalue weighted by molar-refractivity contribution is 5.28. The predicted molar refractivity (Wildman–Crippen MR) is 93.4 cm³/mol. The zero-order valence-corrected chi connectivity index (χ0v) is 14.2. The van der Waals surface area contributed by atoms with Crippen LogP contribution in [0.15, 0.2) is 36.5 Å². The van der Waals surface area contributed by atoms with Crippen LogP contribution in [0.3, 0.4) is 0 Å². The zero-order chi connectivity index (χ0) is 16.8. The molecule has 0 spiro atoms. The van der Waals surface area contributed by atoms with Gasteiger partial charge in [-0.3, -0.25) is 0 Å². The number of H-pyrrole nitrogens is 1. The Bertz CT molecular complexity index is 595. The van der Waals surface area contributed by atoms with Gasteiger partial charge in [-0.15, -0.1) is 0 Å². The first-order valence-corrected chi connectivity index (χ1v) is 8.23. The van der Waals surface area contributed by atoms with Crippen molar-refractivity contribution >= 4 is 0 Å². The van der Waals surface area contributed by atoms with Crippen molar-refractivity contribution in [3.8, 4) is 0 Å². The largest absolute Gasteiger partial charge is 0.395 e. The van der Waals surface area contributed by atoms with Gasteiger partial charge in [-0.25, -0.2) is 0 Å². The second-order valence-corrected chi connectivity index (χ2v) is 6.43.